The number of halogens is 3. The van der Waals surface area contributed by atoms with Gasteiger partial charge in [-0.1, -0.05) is 24.3 Å². The minimum Gasteiger partial charge on any atom is -0.425 e. The van der Waals surface area contributed by atoms with Gasteiger partial charge in [-0.05, 0) is 37.3 Å². The van der Waals surface area contributed by atoms with Gasteiger partial charge in [0.25, 0.3) is 5.91 Å². The summed E-state index contributed by atoms with van der Waals surface area (Å²) in [5.41, 5.74) is -0.565. The van der Waals surface area contributed by atoms with Crippen LogP contribution < -0.4 is 10.1 Å². The van der Waals surface area contributed by atoms with Crippen molar-refractivity contribution < 1.29 is 27.5 Å². The van der Waals surface area contributed by atoms with E-state index in [-0.39, 0.29) is 5.75 Å². The molecule has 0 saturated heterocycles. The van der Waals surface area contributed by atoms with Crippen LogP contribution in [-0.2, 0) is 11.0 Å². The Bertz CT molecular complexity index is 729. The second kappa shape index (κ2) is 7.16. The number of carbonyl (C=O) groups excluding carboxylic acids is 2. The molecular weight excluding hydrogens is 323 g/mol. The first-order chi connectivity index (χ1) is 11.3. The van der Waals surface area contributed by atoms with Crippen LogP contribution in [0.3, 0.4) is 0 Å². The molecule has 0 saturated carbocycles. The molecule has 24 heavy (non-hydrogen) atoms. The number of esters is 1. The third kappa shape index (κ3) is 4.58. The Hall–Kier alpha value is -2.83. The van der Waals surface area contributed by atoms with E-state index in [4.69, 9.17) is 4.74 Å². The quantitative estimate of drug-likeness (QED) is 0.687. The van der Waals surface area contributed by atoms with E-state index in [1.807, 2.05) is 0 Å². The van der Waals surface area contributed by atoms with Gasteiger partial charge in [-0.25, -0.2) is 4.79 Å². The number of benzene rings is 2. The van der Waals surface area contributed by atoms with Crippen LogP contribution in [0.2, 0.25) is 0 Å². The van der Waals surface area contributed by atoms with Crippen LogP contribution in [0.25, 0.3) is 0 Å². The standard InChI is InChI=1S/C17H14F3NO3/c1-11(21-15(22)12-6-3-2-4-7-12)16(23)24-14-9-5-8-13(10-14)17(18,19)20/h2-11H,1H3,(H,21,22). The van der Waals surface area contributed by atoms with E-state index in [0.29, 0.717) is 5.56 Å². The molecule has 2 rings (SSSR count). The second-order valence-corrected chi connectivity index (χ2v) is 5.01. The summed E-state index contributed by atoms with van der Waals surface area (Å²) in [6.45, 7) is 1.39. The first-order valence-electron chi connectivity index (χ1n) is 7.02. The molecule has 0 bridgehead atoms. The summed E-state index contributed by atoms with van der Waals surface area (Å²) in [5.74, 6) is -1.58. The molecule has 126 valence electrons. The molecule has 1 unspecified atom stereocenters. The van der Waals surface area contributed by atoms with E-state index in [1.54, 1.807) is 30.3 Å². The Kier molecular flexibility index (Phi) is 5.23. The zero-order valence-electron chi connectivity index (χ0n) is 12.6. The number of rotatable bonds is 4. The van der Waals surface area contributed by atoms with Gasteiger partial charge in [0.2, 0.25) is 0 Å². The molecular formula is C17H14F3NO3. The fourth-order valence-electron chi connectivity index (χ4n) is 1.87. The molecule has 1 amide bonds. The molecule has 7 heteroatoms. The summed E-state index contributed by atoms with van der Waals surface area (Å²) >= 11 is 0. The Morgan fingerprint density at radius 3 is 2.33 bits per heavy atom. The summed E-state index contributed by atoms with van der Waals surface area (Å²) in [7, 11) is 0. The number of ether oxygens (including phenoxy) is 1. The molecule has 0 aliphatic rings. The summed E-state index contributed by atoms with van der Waals surface area (Å²) in [5, 5.41) is 2.43. The molecule has 0 heterocycles. The second-order valence-electron chi connectivity index (χ2n) is 5.01. The first-order valence-corrected chi connectivity index (χ1v) is 7.02. The molecule has 2 aromatic rings. The van der Waals surface area contributed by atoms with Crippen LogP contribution in [0.5, 0.6) is 5.75 Å². The lowest BCUT2D eigenvalue weighted by atomic mass is 10.2. The fourth-order valence-corrected chi connectivity index (χ4v) is 1.87. The minimum absolute atomic E-state index is 0.240. The van der Waals surface area contributed by atoms with Crippen molar-refractivity contribution in [2.45, 2.75) is 19.1 Å². The van der Waals surface area contributed by atoms with Crippen molar-refractivity contribution in [3.05, 3.63) is 65.7 Å². The van der Waals surface area contributed by atoms with Gasteiger partial charge in [0.05, 0.1) is 5.56 Å². The third-order valence-corrected chi connectivity index (χ3v) is 3.12. The Morgan fingerprint density at radius 1 is 1.04 bits per heavy atom. The highest BCUT2D eigenvalue weighted by Crippen LogP contribution is 2.31. The van der Waals surface area contributed by atoms with Crippen molar-refractivity contribution in [1.29, 1.82) is 0 Å². The molecule has 0 aliphatic carbocycles. The Morgan fingerprint density at radius 2 is 1.71 bits per heavy atom. The van der Waals surface area contributed by atoms with Gasteiger partial charge in [-0.2, -0.15) is 13.2 Å². The predicted molar refractivity (Wildman–Crippen MR) is 80.4 cm³/mol. The maximum atomic E-state index is 12.6. The van der Waals surface area contributed by atoms with Crippen LogP contribution in [-0.4, -0.2) is 17.9 Å². The van der Waals surface area contributed by atoms with Crippen LogP contribution in [0.4, 0.5) is 13.2 Å². The van der Waals surface area contributed by atoms with Gasteiger partial charge in [0, 0.05) is 5.56 Å². The maximum Gasteiger partial charge on any atom is 0.416 e. The average Bonchev–Trinajstić information content (AvgIpc) is 2.55. The number of hydrogen-bond donors (Lipinski definition) is 1. The van der Waals surface area contributed by atoms with Crippen molar-refractivity contribution in [2.24, 2.45) is 0 Å². The van der Waals surface area contributed by atoms with E-state index >= 15 is 0 Å². The average molecular weight is 337 g/mol. The lowest BCUT2D eigenvalue weighted by Crippen LogP contribution is -2.40. The summed E-state index contributed by atoms with van der Waals surface area (Å²) < 4.78 is 42.8. The van der Waals surface area contributed by atoms with Gasteiger partial charge in [-0.15, -0.1) is 0 Å². The number of nitrogens with one attached hydrogen (secondary N) is 1. The molecule has 4 nitrogen and oxygen atoms in total. The summed E-state index contributed by atoms with van der Waals surface area (Å²) in [6, 6.07) is 11.2. The number of carbonyl (C=O) groups is 2. The van der Waals surface area contributed by atoms with Crippen molar-refractivity contribution >= 4 is 11.9 Å². The van der Waals surface area contributed by atoms with Gasteiger partial charge in [0.1, 0.15) is 11.8 Å². The molecule has 0 aromatic heterocycles. The molecule has 0 aliphatic heterocycles. The highest BCUT2D eigenvalue weighted by Gasteiger charge is 2.31. The van der Waals surface area contributed by atoms with E-state index in [2.05, 4.69) is 5.32 Å². The van der Waals surface area contributed by atoms with Crippen LogP contribution >= 0.6 is 0 Å². The summed E-state index contributed by atoms with van der Waals surface area (Å²) in [4.78, 5) is 23.9. The molecule has 0 fully saturated rings. The van der Waals surface area contributed by atoms with Crippen molar-refractivity contribution in [3.63, 3.8) is 0 Å². The lowest BCUT2D eigenvalue weighted by molar-refractivity contribution is -0.139. The molecule has 0 spiro atoms. The molecule has 2 aromatic carbocycles. The predicted octanol–water partition coefficient (Wildman–Crippen LogP) is 3.43. The normalized spacial score (nSPS) is 12.3. The number of amides is 1. The Labute approximate surface area is 136 Å². The van der Waals surface area contributed by atoms with Gasteiger partial charge >= 0.3 is 12.1 Å². The van der Waals surface area contributed by atoms with Crippen LogP contribution in [0, 0.1) is 0 Å². The van der Waals surface area contributed by atoms with Crippen LogP contribution in [0.1, 0.15) is 22.8 Å². The van der Waals surface area contributed by atoms with E-state index in [9.17, 15) is 22.8 Å². The zero-order chi connectivity index (χ0) is 17.7. The number of hydrogen-bond acceptors (Lipinski definition) is 3. The number of alkyl halides is 3. The van der Waals surface area contributed by atoms with Gasteiger partial charge in [0.15, 0.2) is 0 Å². The van der Waals surface area contributed by atoms with Crippen molar-refractivity contribution in [1.82, 2.24) is 5.32 Å². The van der Waals surface area contributed by atoms with E-state index in [1.165, 1.54) is 13.0 Å². The minimum atomic E-state index is -4.53. The smallest absolute Gasteiger partial charge is 0.416 e. The van der Waals surface area contributed by atoms with E-state index < -0.39 is 29.7 Å². The largest absolute Gasteiger partial charge is 0.425 e. The molecule has 1 N–H and O–H groups in total. The van der Waals surface area contributed by atoms with E-state index in [0.717, 1.165) is 18.2 Å². The Balaban J connectivity index is 2.00. The highest BCUT2D eigenvalue weighted by molar-refractivity contribution is 5.96. The van der Waals surface area contributed by atoms with Crippen molar-refractivity contribution in [2.75, 3.05) is 0 Å². The summed E-state index contributed by atoms with van der Waals surface area (Å²) in [6.07, 6.45) is -4.53. The van der Waals surface area contributed by atoms with Gasteiger partial charge in [-0.3, -0.25) is 4.79 Å². The maximum absolute atomic E-state index is 12.6. The zero-order valence-corrected chi connectivity index (χ0v) is 12.6. The fraction of sp³-hybridized carbons (Fsp3) is 0.176. The van der Waals surface area contributed by atoms with Crippen LogP contribution in [0.15, 0.2) is 54.6 Å². The third-order valence-electron chi connectivity index (χ3n) is 3.12. The lowest BCUT2D eigenvalue weighted by Gasteiger charge is -2.14. The topological polar surface area (TPSA) is 55.4 Å². The molecule has 0 radical (unpaired) electrons. The highest BCUT2D eigenvalue weighted by atomic mass is 19.4. The van der Waals surface area contributed by atoms with Gasteiger partial charge < -0.3 is 10.1 Å². The van der Waals surface area contributed by atoms with Crippen molar-refractivity contribution in [3.8, 4) is 5.75 Å². The first kappa shape index (κ1) is 17.5. The molecule has 1 atom stereocenters. The monoisotopic (exact) mass is 337 g/mol. The SMILES string of the molecule is CC(NC(=O)c1ccccc1)C(=O)Oc1cccc(C(F)(F)F)c1.